The van der Waals surface area contributed by atoms with Crippen LogP contribution in [0.25, 0.3) is 0 Å². The zero-order valence-electron chi connectivity index (χ0n) is 13.6. The maximum Gasteiger partial charge on any atom is 0.303 e. The first-order valence-electron chi connectivity index (χ1n) is 8.80. The van der Waals surface area contributed by atoms with Crippen molar-refractivity contribution in [1.29, 1.82) is 0 Å². The van der Waals surface area contributed by atoms with E-state index in [9.17, 15) is 4.79 Å². The summed E-state index contributed by atoms with van der Waals surface area (Å²) in [5, 5.41) is 8.67. The summed E-state index contributed by atoms with van der Waals surface area (Å²) < 4.78 is 0. The van der Waals surface area contributed by atoms with E-state index in [4.69, 9.17) is 5.11 Å². The van der Waals surface area contributed by atoms with Crippen LogP contribution in [-0.4, -0.2) is 60.1 Å². The van der Waals surface area contributed by atoms with Gasteiger partial charge in [0.05, 0.1) is 0 Å². The second-order valence-corrected chi connectivity index (χ2v) is 7.14. The molecule has 2 rings (SSSR count). The highest BCUT2D eigenvalue weighted by molar-refractivity contribution is 5.66. The summed E-state index contributed by atoms with van der Waals surface area (Å²) in [6.07, 6.45) is 7.59. The molecule has 4 heteroatoms. The largest absolute Gasteiger partial charge is 0.481 e. The van der Waals surface area contributed by atoms with Crippen LogP contribution in [0.3, 0.4) is 0 Å². The van der Waals surface area contributed by atoms with Crippen LogP contribution < -0.4 is 0 Å². The van der Waals surface area contributed by atoms with Gasteiger partial charge < -0.3 is 14.9 Å². The minimum atomic E-state index is -0.661. The van der Waals surface area contributed by atoms with Crippen molar-refractivity contribution < 1.29 is 9.90 Å². The lowest BCUT2D eigenvalue weighted by molar-refractivity contribution is -0.137. The Bertz CT molecular complexity index is 314. The van der Waals surface area contributed by atoms with Gasteiger partial charge in [0.15, 0.2) is 0 Å². The first-order chi connectivity index (χ1) is 10.1. The fraction of sp³-hybridized carbons (Fsp3) is 0.941. The van der Waals surface area contributed by atoms with Crippen molar-refractivity contribution in [3.63, 3.8) is 0 Å². The number of carbonyl (C=O) groups is 1. The van der Waals surface area contributed by atoms with Crippen LogP contribution in [0.1, 0.15) is 51.9 Å². The Balaban J connectivity index is 1.62. The molecule has 0 amide bonds. The number of piperidine rings is 2. The first kappa shape index (κ1) is 16.8. The van der Waals surface area contributed by atoms with Crippen molar-refractivity contribution in [3.05, 3.63) is 0 Å². The molecule has 0 saturated carbocycles. The number of likely N-dealkylation sites (tertiary alicyclic amines) is 2. The average molecular weight is 296 g/mol. The molecule has 2 fully saturated rings. The van der Waals surface area contributed by atoms with E-state index in [-0.39, 0.29) is 0 Å². The molecule has 0 radical (unpaired) electrons. The van der Waals surface area contributed by atoms with E-state index in [2.05, 4.69) is 16.7 Å². The molecule has 0 aromatic carbocycles. The normalized spacial score (nSPS) is 26.0. The molecule has 0 bridgehead atoms. The summed E-state index contributed by atoms with van der Waals surface area (Å²) >= 11 is 0. The quantitative estimate of drug-likeness (QED) is 0.734. The lowest BCUT2D eigenvalue weighted by Gasteiger charge is -2.37. The van der Waals surface area contributed by atoms with E-state index in [0.29, 0.717) is 6.42 Å². The van der Waals surface area contributed by atoms with Gasteiger partial charge in [0, 0.05) is 19.5 Å². The molecule has 2 aliphatic heterocycles. The minimum Gasteiger partial charge on any atom is -0.481 e. The predicted octanol–water partition coefficient (Wildman–Crippen LogP) is 2.69. The zero-order valence-corrected chi connectivity index (χ0v) is 13.6. The zero-order chi connectivity index (χ0) is 15.1. The molecule has 21 heavy (non-hydrogen) atoms. The van der Waals surface area contributed by atoms with Gasteiger partial charge in [0.2, 0.25) is 0 Å². The number of carboxylic acids is 1. The van der Waals surface area contributed by atoms with Crippen molar-refractivity contribution in [2.45, 2.75) is 51.9 Å². The summed E-state index contributed by atoms with van der Waals surface area (Å²) in [5.41, 5.74) is 0. The van der Waals surface area contributed by atoms with Crippen LogP contribution in [0.4, 0.5) is 0 Å². The fourth-order valence-electron chi connectivity index (χ4n) is 3.72. The van der Waals surface area contributed by atoms with Gasteiger partial charge in [0.1, 0.15) is 0 Å². The Morgan fingerprint density at radius 1 is 1.10 bits per heavy atom. The Hall–Kier alpha value is -0.610. The van der Waals surface area contributed by atoms with Crippen molar-refractivity contribution in [1.82, 2.24) is 9.80 Å². The van der Waals surface area contributed by atoms with Crippen LogP contribution >= 0.6 is 0 Å². The first-order valence-corrected chi connectivity index (χ1v) is 8.80. The summed E-state index contributed by atoms with van der Waals surface area (Å²) in [6, 6.07) is 0. The molecule has 0 aliphatic carbocycles. The van der Waals surface area contributed by atoms with Gasteiger partial charge in [-0.25, -0.2) is 0 Å². The highest BCUT2D eigenvalue weighted by Gasteiger charge is 2.23. The second-order valence-electron chi connectivity index (χ2n) is 7.14. The topological polar surface area (TPSA) is 43.8 Å². The Morgan fingerprint density at radius 2 is 1.86 bits per heavy atom. The van der Waals surface area contributed by atoms with Crippen LogP contribution in [0, 0.1) is 11.8 Å². The van der Waals surface area contributed by atoms with Gasteiger partial charge in [0.25, 0.3) is 0 Å². The lowest BCUT2D eigenvalue weighted by Crippen LogP contribution is -2.43. The second kappa shape index (κ2) is 8.74. The predicted molar refractivity (Wildman–Crippen MR) is 85.5 cm³/mol. The van der Waals surface area contributed by atoms with E-state index >= 15 is 0 Å². The molecular weight excluding hydrogens is 264 g/mol. The smallest absolute Gasteiger partial charge is 0.303 e. The third-order valence-electron chi connectivity index (χ3n) is 5.11. The molecule has 1 N–H and O–H groups in total. The number of aliphatic carboxylic acids is 1. The molecule has 4 nitrogen and oxygen atoms in total. The van der Waals surface area contributed by atoms with Crippen LogP contribution in [0.15, 0.2) is 0 Å². The van der Waals surface area contributed by atoms with E-state index in [0.717, 1.165) is 31.2 Å². The van der Waals surface area contributed by atoms with E-state index in [1.165, 1.54) is 58.4 Å². The van der Waals surface area contributed by atoms with E-state index in [1.54, 1.807) is 0 Å². The number of carboxylic acid groups (broad SMARTS) is 1. The van der Waals surface area contributed by atoms with Gasteiger partial charge in [-0.3, -0.25) is 4.79 Å². The summed E-state index contributed by atoms with van der Waals surface area (Å²) in [6.45, 7) is 9.74. The monoisotopic (exact) mass is 296 g/mol. The van der Waals surface area contributed by atoms with E-state index < -0.39 is 5.97 Å². The Kier molecular flexibility index (Phi) is 6.97. The SMILES string of the molecule is CC1CCN(C[C@H]2CCCN(CCCCC(=O)O)C2)CC1. The molecule has 1 atom stereocenters. The van der Waals surface area contributed by atoms with E-state index in [1.807, 2.05) is 0 Å². The number of hydrogen-bond donors (Lipinski definition) is 1. The molecule has 0 aromatic heterocycles. The van der Waals surface area contributed by atoms with Crippen molar-refractivity contribution >= 4 is 5.97 Å². The highest BCUT2D eigenvalue weighted by atomic mass is 16.4. The standard InChI is InChI=1S/C17H32N2O2/c1-15-7-11-19(12-8-15)14-16-5-4-10-18(13-16)9-3-2-6-17(20)21/h15-16H,2-14H2,1H3,(H,20,21)/t16-/m0/s1. The van der Waals surface area contributed by atoms with Crippen LogP contribution in [-0.2, 0) is 4.79 Å². The molecule has 0 aromatic rings. The molecule has 2 saturated heterocycles. The molecule has 2 aliphatic rings. The number of nitrogens with zero attached hydrogens (tertiary/aromatic N) is 2. The van der Waals surface area contributed by atoms with Crippen molar-refractivity contribution in [2.75, 3.05) is 39.3 Å². The highest BCUT2D eigenvalue weighted by Crippen LogP contribution is 2.22. The molecular formula is C17H32N2O2. The molecule has 2 heterocycles. The lowest BCUT2D eigenvalue weighted by atomic mass is 9.94. The number of rotatable bonds is 7. The molecule has 0 unspecified atom stereocenters. The van der Waals surface area contributed by atoms with Gasteiger partial charge in [-0.05, 0) is 76.5 Å². The molecule has 122 valence electrons. The number of unbranched alkanes of at least 4 members (excludes halogenated alkanes) is 1. The average Bonchev–Trinajstić information content (AvgIpc) is 2.46. The Morgan fingerprint density at radius 3 is 2.57 bits per heavy atom. The number of hydrogen-bond acceptors (Lipinski definition) is 3. The maximum absolute atomic E-state index is 10.5. The maximum atomic E-state index is 10.5. The van der Waals surface area contributed by atoms with Crippen molar-refractivity contribution in [2.24, 2.45) is 11.8 Å². The summed E-state index contributed by atoms with van der Waals surface area (Å²) in [5.74, 6) is 1.08. The van der Waals surface area contributed by atoms with Gasteiger partial charge in [-0.1, -0.05) is 6.92 Å². The fourth-order valence-corrected chi connectivity index (χ4v) is 3.72. The third kappa shape index (κ3) is 6.35. The summed E-state index contributed by atoms with van der Waals surface area (Å²) in [7, 11) is 0. The minimum absolute atomic E-state index is 0.323. The molecule has 0 spiro atoms. The van der Waals surface area contributed by atoms with Gasteiger partial charge >= 0.3 is 5.97 Å². The Labute approximate surface area is 129 Å². The van der Waals surface area contributed by atoms with Gasteiger partial charge in [-0.2, -0.15) is 0 Å². The summed E-state index contributed by atoms with van der Waals surface area (Å²) in [4.78, 5) is 15.8. The van der Waals surface area contributed by atoms with Gasteiger partial charge in [-0.15, -0.1) is 0 Å². The van der Waals surface area contributed by atoms with Crippen molar-refractivity contribution in [3.8, 4) is 0 Å². The third-order valence-corrected chi connectivity index (χ3v) is 5.11. The van der Waals surface area contributed by atoms with Crippen LogP contribution in [0.5, 0.6) is 0 Å². The van der Waals surface area contributed by atoms with Crippen LogP contribution in [0.2, 0.25) is 0 Å².